The molecule has 0 radical (unpaired) electrons. The van der Waals surface area contributed by atoms with Gasteiger partial charge in [-0.05, 0) is 69.9 Å². The second kappa shape index (κ2) is 15.1. The molecule has 5 rings (SSSR count). The number of hydrogen-bond donors (Lipinski definition) is 1. The predicted molar refractivity (Wildman–Crippen MR) is 197 cm³/mol. The third-order valence-electron chi connectivity index (χ3n) is 8.68. The molecule has 8 nitrogen and oxygen atoms in total. The minimum Gasteiger partial charge on any atom is -0.497 e. The van der Waals surface area contributed by atoms with Crippen LogP contribution in [0, 0.1) is 0 Å². The van der Waals surface area contributed by atoms with Gasteiger partial charge in [0.25, 0.3) is 5.56 Å². The average Bonchev–Trinajstić information content (AvgIpc) is 3.08. The summed E-state index contributed by atoms with van der Waals surface area (Å²) in [5, 5.41) is 3.76. The van der Waals surface area contributed by atoms with Gasteiger partial charge in [-0.2, -0.15) is 0 Å². The zero-order valence-electron chi connectivity index (χ0n) is 28.6. The zero-order valence-corrected chi connectivity index (χ0v) is 30.2. The fraction of sp³-hybridized carbons (Fsp3) is 0.308. The number of aromatic nitrogens is 2. The number of ether oxygens (including phenoxy) is 2. The number of hydrogen-bond acceptors (Lipinski definition) is 5. The Hall–Kier alpha value is -4.63. The molecular formula is C39H43BrN4O4. The van der Waals surface area contributed by atoms with Gasteiger partial charge in [0, 0.05) is 24.4 Å². The lowest BCUT2D eigenvalue weighted by Gasteiger charge is -2.32. The lowest BCUT2D eigenvalue weighted by atomic mass is 9.92. The maximum absolute atomic E-state index is 14.6. The molecular weight excluding hydrogens is 668 g/mol. The Labute approximate surface area is 290 Å². The van der Waals surface area contributed by atoms with Gasteiger partial charge in [0.15, 0.2) is 0 Å². The van der Waals surface area contributed by atoms with Gasteiger partial charge < -0.3 is 19.7 Å². The van der Waals surface area contributed by atoms with E-state index in [1.807, 2.05) is 49.4 Å². The van der Waals surface area contributed by atoms with Gasteiger partial charge in [0.2, 0.25) is 0 Å². The lowest BCUT2D eigenvalue weighted by Crippen LogP contribution is -2.41. The first-order valence-electron chi connectivity index (χ1n) is 16.2. The number of nitrogens with one attached hydrogen (secondary N) is 1. The van der Waals surface area contributed by atoms with Crippen LogP contribution in [0.2, 0.25) is 0 Å². The van der Waals surface area contributed by atoms with Crippen molar-refractivity contribution in [3.63, 3.8) is 0 Å². The highest BCUT2D eigenvalue weighted by Crippen LogP contribution is 2.38. The number of para-hydroxylation sites is 2. The molecule has 1 heterocycles. The van der Waals surface area contributed by atoms with Crippen molar-refractivity contribution in [1.82, 2.24) is 14.5 Å². The van der Waals surface area contributed by atoms with E-state index in [-0.39, 0.29) is 23.4 Å². The molecule has 0 bridgehead atoms. The molecule has 5 aromatic rings. The highest BCUT2D eigenvalue weighted by atomic mass is 79.9. The summed E-state index contributed by atoms with van der Waals surface area (Å²) in [6.07, 6.45) is 0.607. The summed E-state index contributed by atoms with van der Waals surface area (Å²) >= 11 is 3.68. The van der Waals surface area contributed by atoms with Gasteiger partial charge in [-0.1, -0.05) is 88.4 Å². The summed E-state index contributed by atoms with van der Waals surface area (Å²) in [4.78, 5) is 35.9. The van der Waals surface area contributed by atoms with Crippen LogP contribution in [-0.2, 0) is 6.42 Å². The molecule has 1 aromatic heterocycles. The minimum absolute atomic E-state index is 0.196. The Kier molecular flexibility index (Phi) is 10.9. The fourth-order valence-corrected chi connectivity index (χ4v) is 6.60. The summed E-state index contributed by atoms with van der Waals surface area (Å²) in [6.45, 7) is 10.8. The van der Waals surface area contributed by atoms with E-state index < -0.39 is 6.04 Å². The molecule has 9 heteroatoms. The molecule has 250 valence electrons. The first kappa shape index (κ1) is 34.7. The predicted octanol–water partition coefficient (Wildman–Crippen LogP) is 9.25. The summed E-state index contributed by atoms with van der Waals surface area (Å²) in [5.74, 6) is 1.80. The zero-order chi connectivity index (χ0) is 34.5. The van der Waals surface area contributed by atoms with Crippen molar-refractivity contribution in [2.45, 2.75) is 58.9 Å². The summed E-state index contributed by atoms with van der Waals surface area (Å²) in [5.41, 5.74) is 4.82. The molecule has 0 spiro atoms. The lowest BCUT2D eigenvalue weighted by molar-refractivity contribution is 0.190. The van der Waals surface area contributed by atoms with Gasteiger partial charge in [-0.15, -0.1) is 0 Å². The maximum Gasteiger partial charge on any atom is 0.322 e. The number of carbonyl (C=O) groups excluding carboxylic acids is 1. The third-order valence-corrected chi connectivity index (χ3v) is 9.48. The topological polar surface area (TPSA) is 85.7 Å². The van der Waals surface area contributed by atoms with Crippen molar-refractivity contribution < 1.29 is 14.3 Å². The summed E-state index contributed by atoms with van der Waals surface area (Å²) in [6, 6.07) is 26.1. The number of benzene rings is 4. The van der Waals surface area contributed by atoms with Gasteiger partial charge in [-0.3, -0.25) is 9.36 Å². The number of amides is 2. The van der Waals surface area contributed by atoms with Gasteiger partial charge in [0.1, 0.15) is 17.3 Å². The van der Waals surface area contributed by atoms with Gasteiger partial charge in [0.05, 0.1) is 41.3 Å². The number of fused-ring (bicyclic) bond motifs is 1. The van der Waals surface area contributed by atoms with Crippen molar-refractivity contribution in [3.05, 3.63) is 122 Å². The van der Waals surface area contributed by atoms with E-state index in [1.165, 1.54) is 0 Å². The molecule has 1 unspecified atom stereocenters. The van der Waals surface area contributed by atoms with E-state index in [0.29, 0.717) is 51.4 Å². The van der Waals surface area contributed by atoms with Crippen molar-refractivity contribution in [1.29, 1.82) is 0 Å². The number of urea groups is 1. The Balaban J connectivity index is 1.70. The maximum atomic E-state index is 14.6. The Morgan fingerprint density at radius 1 is 0.875 bits per heavy atom. The molecule has 0 saturated heterocycles. The number of rotatable bonds is 11. The van der Waals surface area contributed by atoms with Crippen LogP contribution in [0.1, 0.15) is 75.0 Å². The molecule has 1 N–H and O–H groups in total. The first-order valence-corrected chi connectivity index (χ1v) is 17.0. The van der Waals surface area contributed by atoms with E-state index in [0.717, 1.165) is 22.4 Å². The van der Waals surface area contributed by atoms with Crippen LogP contribution in [0.15, 0.2) is 94.2 Å². The van der Waals surface area contributed by atoms with E-state index in [9.17, 15) is 9.59 Å². The molecule has 0 fully saturated rings. The quantitative estimate of drug-likeness (QED) is 0.148. The van der Waals surface area contributed by atoms with Crippen molar-refractivity contribution in [2.24, 2.45) is 0 Å². The number of nitrogens with zero attached hydrogens (tertiary/aromatic N) is 3. The van der Waals surface area contributed by atoms with E-state index in [1.54, 1.807) is 41.9 Å². The van der Waals surface area contributed by atoms with Crippen LogP contribution in [0.25, 0.3) is 16.6 Å². The fourth-order valence-electron chi connectivity index (χ4n) is 6.03. The summed E-state index contributed by atoms with van der Waals surface area (Å²) in [7, 11) is 3.12. The molecule has 2 amide bonds. The SMILES string of the molecule is COc1cc(OC)c(Br)c(-n2c(C(C)N(CCc3ccccc3)C(=O)Nc3c(C(C)C)cccc3C(C)C)nc3ccccc3c2=O)c1. The Morgan fingerprint density at radius 3 is 2.15 bits per heavy atom. The Morgan fingerprint density at radius 2 is 1.52 bits per heavy atom. The van der Waals surface area contributed by atoms with E-state index >= 15 is 0 Å². The largest absolute Gasteiger partial charge is 0.497 e. The monoisotopic (exact) mass is 710 g/mol. The Bertz CT molecular complexity index is 1950. The molecule has 0 aliphatic heterocycles. The van der Waals surface area contributed by atoms with Gasteiger partial charge in [-0.25, -0.2) is 9.78 Å². The van der Waals surface area contributed by atoms with Crippen LogP contribution in [0.3, 0.4) is 0 Å². The number of methoxy groups -OCH3 is 2. The van der Waals surface area contributed by atoms with E-state index in [4.69, 9.17) is 14.5 Å². The average molecular weight is 712 g/mol. The minimum atomic E-state index is -0.635. The van der Waals surface area contributed by atoms with Crippen LogP contribution >= 0.6 is 15.9 Å². The third kappa shape index (κ3) is 7.11. The molecule has 1 atom stereocenters. The number of halogens is 1. The highest BCUT2D eigenvalue weighted by Gasteiger charge is 2.29. The molecule has 48 heavy (non-hydrogen) atoms. The van der Waals surface area contributed by atoms with Crippen LogP contribution < -0.4 is 20.3 Å². The smallest absolute Gasteiger partial charge is 0.322 e. The molecule has 0 saturated carbocycles. The van der Waals surface area contributed by atoms with Crippen molar-refractivity contribution >= 4 is 38.6 Å². The summed E-state index contributed by atoms with van der Waals surface area (Å²) < 4.78 is 13.4. The second-order valence-corrected chi connectivity index (χ2v) is 13.2. The number of anilines is 1. The molecule has 0 aliphatic carbocycles. The normalized spacial score (nSPS) is 12.0. The second-order valence-electron chi connectivity index (χ2n) is 12.4. The van der Waals surface area contributed by atoms with Gasteiger partial charge >= 0.3 is 6.03 Å². The van der Waals surface area contributed by atoms with Crippen LogP contribution in [0.5, 0.6) is 11.5 Å². The number of carbonyl (C=O) groups is 1. The highest BCUT2D eigenvalue weighted by molar-refractivity contribution is 9.10. The molecule has 4 aromatic carbocycles. The standard InChI is InChI=1S/C39H43BrN4O4/c1-24(2)29-17-13-18-30(25(3)4)36(29)42-39(46)43(21-20-27-14-9-8-10-15-27)26(5)37-41-32-19-12-11-16-31(32)38(45)44(37)33-22-28(47-6)23-34(48-7)35(33)40/h8-19,22-26H,20-21H2,1-7H3,(H,42,46). The van der Waals surface area contributed by atoms with Crippen LogP contribution in [0.4, 0.5) is 10.5 Å². The first-order chi connectivity index (χ1) is 23.0. The van der Waals surface area contributed by atoms with Crippen molar-refractivity contribution in [3.8, 4) is 17.2 Å². The van der Waals surface area contributed by atoms with Crippen molar-refractivity contribution in [2.75, 3.05) is 26.1 Å². The molecule has 0 aliphatic rings. The van der Waals surface area contributed by atoms with Crippen LogP contribution in [-0.4, -0.2) is 41.2 Å². The van der Waals surface area contributed by atoms with E-state index in [2.05, 4.69) is 73.2 Å².